The number of hydrogen-bond acceptors (Lipinski definition) is 4. The lowest BCUT2D eigenvalue weighted by atomic mass is 9.85. The number of nitrogens with one attached hydrogen (secondary N) is 1. The van der Waals surface area contributed by atoms with Crippen LogP contribution in [0.2, 0.25) is 0 Å². The highest BCUT2D eigenvalue weighted by atomic mass is 19.3. The van der Waals surface area contributed by atoms with Crippen LogP contribution in [0.5, 0.6) is 0 Å². The summed E-state index contributed by atoms with van der Waals surface area (Å²) in [5.41, 5.74) is 3.66. The number of fused-ring (bicyclic) bond motifs is 1. The molecule has 0 radical (unpaired) electrons. The summed E-state index contributed by atoms with van der Waals surface area (Å²) < 4.78 is 28.6. The van der Waals surface area contributed by atoms with Gasteiger partial charge in [-0.15, -0.1) is 0 Å². The first-order valence-electron chi connectivity index (χ1n) is 9.49. The van der Waals surface area contributed by atoms with E-state index < -0.39 is 13.0 Å². The molecule has 0 saturated carbocycles. The molecule has 4 nitrogen and oxygen atoms in total. The molecule has 26 heavy (non-hydrogen) atoms. The molecule has 0 aromatic carbocycles. The van der Waals surface area contributed by atoms with Gasteiger partial charge in [0.1, 0.15) is 6.61 Å². The monoisotopic (exact) mass is 367 g/mol. The molecule has 0 unspecified atom stereocenters. The first-order valence-corrected chi connectivity index (χ1v) is 9.49. The molecule has 0 atom stereocenters. The van der Waals surface area contributed by atoms with Crippen LogP contribution in [-0.2, 0) is 17.6 Å². The van der Waals surface area contributed by atoms with E-state index in [1.165, 1.54) is 11.3 Å². The van der Waals surface area contributed by atoms with Crippen molar-refractivity contribution in [2.24, 2.45) is 10.4 Å². The van der Waals surface area contributed by atoms with Crippen molar-refractivity contribution in [2.75, 3.05) is 26.3 Å². The maximum Gasteiger partial charge on any atom is 0.261 e. The van der Waals surface area contributed by atoms with Gasteiger partial charge in [-0.2, -0.15) is 0 Å². The normalized spacial score (nSPS) is 14.5. The number of aliphatic imine (C=N–C) groups is 1. The maximum atomic E-state index is 11.9. The van der Waals surface area contributed by atoms with Crippen molar-refractivity contribution in [3.8, 4) is 0 Å². The minimum absolute atomic E-state index is 0.0973. The van der Waals surface area contributed by atoms with Gasteiger partial charge in [-0.1, -0.05) is 26.8 Å². The molecule has 1 aromatic heterocycles. The Morgan fingerprint density at radius 2 is 1.96 bits per heavy atom. The fraction of sp³-hybridized carbons (Fsp3) is 0.700. The van der Waals surface area contributed by atoms with Crippen molar-refractivity contribution in [1.29, 1.82) is 0 Å². The minimum atomic E-state index is -2.39. The quantitative estimate of drug-likeness (QED) is 0.626. The molecule has 0 spiro atoms. The van der Waals surface area contributed by atoms with E-state index in [1.807, 2.05) is 0 Å². The Kier molecular flexibility index (Phi) is 8.10. The van der Waals surface area contributed by atoms with Gasteiger partial charge >= 0.3 is 0 Å². The number of pyridine rings is 1. The van der Waals surface area contributed by atoms with Crippen molar-refractivity contribution in [1.82, 2.24) is 10.3 Å². The first kappa shape index (κ1) is 20.9. The Morgan fingerprint density at radius 3 is 2.69 bits per heavy atom. The molecule has 2 rings (SSSR count). The Hall–Kier alpha value is -1.40. The van der Waals surface area contributed by atoms with Gasteiger partial charge in [-0.25, -0.2) is 18.8 Å². The Bertz CT molecular complexity index is 597. The third-order valence-electron chi connectivity index (χ3n) is 4.45. The molecule has 0 fully saturated rings. The van der Waals surface area contributed by atoms with Crippen LogP contribution < -0.4 is 5.32 Å². The third kappa shape index (κ3) is 7.08. The zero-order valence-electron chi connectivity index (χ0n) is 16.2. The molecule has 2 heterocycles. The standard InChI is InChI=1S/C20H31F2N3O/c1-20(2,3)17-10-8-15-7-9-16(24-19(15)25-17)6-4-5-11-23-12-13-26-14-18(21)22/h7,9,18,23H,4-6,8,10-14H2,1-3H3. The fourth-order valence-corrected chi connectivity index (χ4v) is 2.92. The van der Waals surface area contributed by atoms with Crippen LogP contribution >= 0.6 is 0 Å². The van der Waals surface area contributed by atoms with Crippen LogP contribution in [0.4, 0.5) is 14.6 Å². The fourth-order valence-electron chi connectivity index (χ4n) is 2.92. The summed E-state index contributed by atoms with van der Waals surface area (Å²) in [6.07, 6.45) is 2.64. The highest BCUT2D eigenvalue weighted by Crippen LogP contribution is 2.30. The second-order valence-electron chi connectivity index (χ2n) is 7.77. The Labute approximate surface area is 155 Å². The van der Waals surface area contributed by atoms with Crippen molar-refractivity contribution in [3.63, 3.8) is 0 Å². The second kappa shape index (κ2) is 10.1. The van der Waals surface area contributed by atoms with Crippen LogP contribution in [0.25, 0.3) is 0 Å². The number of ether oxygens (including phenoxy) is 1. The highest BCUT2D eigenvalue weighted by Gasteiger charge is 2.23. The number of aromatic nitrogens is 1. The number of alkyl halides is 2. The van der Waals surface area contributed by atoms with E-state index in [4.69, 9.17) is 14.7 Å². The third-order valence-corrected chi connectivity index (χ3v) is 4.45. The summed E-state index contributed by atoms with van der Waals surface area (Å²) >= 11 is 0. The van der Waals surface area contributed by atoms with Crippen LogP contribution in [-0.4, -0.2) is 43.4 Å². The first-order chi connectivity index (χ1) is 12.4. The smallest absolute Gasteiger partial charge is 0.261 e. The van der Waals surface area contributed by atoms with E-state index in [9.17, 15) is 8.78 Å². The van der Waals surface area contributed by atoms with Crippen molar-refractivity contribution >= 4 is 11.5 Å². The van der Waals surface area contributed by atoms with Gasteiger partial charge in [-0.3, -0.25) is 0 Å². The summed E-state index contributed by atoms with van der Waals surface area (Å²) in [6.45, 7) is 7.91. The van der Waals surface area contributed by atoms with Crippen molar-refractivity contribution < 1.29 is 13.5 Å². The lowest BCUT2D eigenvalue weighted by molar-refractivity contribution is 0.0188. The zero-order valence-corrected chi connectivity index (χ0v) is 16.2. The van der Waals surface area contributed by atoms with E-state index in [0.29, 0.717) is 13.2 Å². The molecule has 1 aliphatic rings. The predicted molar refractivity (Wildman–Crippen MR) is 102 cm³/mol. The molecule has 0 saturated heterocycles. The average molecular weight is 367 g/mol. The van der Waals surface area contributed by atoms with Gasteiger partial charge in [0.25, 0.3) is 6.43 Å². The average Bonchev–Trinajstić information content (AvgIpc) is 2.58. The molecule has 0 aliphatic carbocycles. The number of halogens is 2. The SMILES string of the molecule is CC(C)(C)C1=Nc2nc(CCCCNCCOCC(F)F)ccc2CC1. The van der Waals surface area contributed by atoms with Gasteiger partial charge in [0.15, 0.2) is 5.82 Å². The summed E-state index contributed by atoms with van der Waals surface area (Å²) in [5.74, 6) is 0.896. The van der Waals surface area contributed by atoms with E-state index >= 15 is 0 Å². The second-order valence-corrected chi connectivity index (χ2v) is 7.77. The highest BCUT2D eigenvalue weighted by molar-refractivity contribution is 5.92. The Balaban J connectivity index is 1.69. The molecular weight excluding hydrogens is 336 g/mol. The van der Waals surface area contributed by atoms with Gasteiger partial charge in [0, 0.05) is 23.4 Å². The molecule has 0 amide bonds. The summed E-state index contributed by atoms with van der Waals surface area (Å²) in [6, 6.07) is 4.28. The molecule has 6 heteroatoms. The molecule has 1 aromatic rings. The summed E-state index contributed by atoms with van der Waals surface area (Å²) in [7, 11) is 0. The van der Waals surface area contributed by atoms with Crippen LogP contribution in [0.3, 0.4) is 0 Å². The van der Waals surface area contributed by atoms with Gasteiger partial charge in [0.2, 0.25) is 0 Å². The number of rotatable bonds is 10. The van der Waals surface area contributed by atoms with Gasteiger partial charge in [-0.05, 0) is 50.3 Å². The summed E-state index contributed by atoms with van der Waals surface area (Å²) in [5, 5.41) is 3.21. The zero-order chi connectivity index (χ0) is 19.0. The van der Waals surface area contributed by atoms with Gasteiger partial charge < -0.3 is 10.1 Å². The number of aryl methyl sites for hydroxylation is 2. The molecule has 146 valence electrons. The Morgan fingerprint density at radius 1 is 1.15 bits per heavy atom. The summed E-state index contributed by atoms with van der Waals surface area (Å²) in [4.78, 5) is 9.55. The van der Waals surface area contributed by atoms with Gasteiger partial charge in [0.05, 0.1) is 6.61 Å². The number of nitrogens with zero attached hydrogens (tertiary/aromatic N) is 2. The molecule has 0 bridgehead atoms. The molecule has 1 aliphatic heterocycles. The lowest BCUT2D eigenvalue weighted by Gasteiger charge is -2.25. The van der Waals surface area contributed by atoms with E-state index in [-0.39, 0.29) is 5.41 Å². The van der Waals surface area contributed by atoms with E-state index in [0.717, 1.165) is 50.2 Å². The van der Waals surface area contributed by atoms with E-state index in [2.05, 4.69) is 38.2 Å². The lowest BCUT2D eigenvalue weighted by Crippen LogP contribution is -2.23. The van der Waals surface area contributed by atoms with Crippen molar-refractivity contribution in [3.05, 3.63) is 23.4 Å². The maximum absolute atomic E-state index is 11.9. The van der Waals surface area contributed by atoms with Crippen LogP contribution in [0, 0.1) is 5.41 Å². The number of hydrogen-bond donors (Lipinski definition) is 1. The van der Waals surface area contributed by atoms with Crippen LogP contribution in [0.15, 0.2) is 17.1 Å². The predicted octanol–water partition coefficient (Wildman–Crippen LogP) is 4.34. The number of unbranched alkanes of at least 4 members (excludes halogenated alkanes) is 1. The minimum Gasteiger partial charge on any atom is -0.374 e. The molecule has 1 N–H and O–H groups in total. The van der Waals surface area contributed by atoms with Crippen LogP contribution in [0.1, 0.15) is 51.3 Å². The molecular formula is C20H31F2N3O. The van der Waals surface area contributed by atoms with Crippen molar-refractivity contribution in [2.45, 2.75) is 59.3 Å². The topological polar surface area (TPSA) is 46.5 Å². The largest absolute Gasteiger partial charge is 0.374 e. The van der Waals surface area contributed by atoms with E-state index in [1.54, 1.807) is 0 Å².